The van der Waals surface area contributed by atoms with E-state index in [1.807, 2.05) is 37.8 Å². The SMILES string of the molecule is C=C1CN(C(CC)c2ccccc2CC(F)(F)F)c2ncccc2N1.C=CN.CC. The zero-order valence-electron chi connectivity index (χ0n) is 17.8. The largest absolute Gasteiger partial charge is 0.405 e. The molecule has 0 aliphatic carbocycles. The van der Waals surface area contributed by atoms with Crippen LogP contribution in [0.5, 0.6) is 0 Å². The van der Waals surface area contributed by atoms with Crippen LogP contribution >= 0.6 is 0 Å². The van der Waals surface area contributed by atoms with Gasteiger partial charge in [-0.1, -0.05) is 58.2 Å². The minimum atomic E-state index is -4.24. The Labute approximate surface area is 177 Å². The fraction of sp³-hybridized carbons (Fsp3) is 0.348. The standard InChI is InChI=1S/C19H20F3N3.C2H5N.C2H6/c1-3-17(15-8-5-4-7-14(15)11-19(20,21)22)25-12-13(2)24-16-9-6-10-23-18(16)25;1-2-3;1-2/h4-10,17,24H,2-3,11-12H2,1H3;2H,1,3H2;1-2H3. The van der Waals surface area contributed by atoms with Crippen molar-refractivity contribution < 1.29 is 13.2 Å². The van der Waals surface area contributed by atoms with Gasteiger partial charge in [-0.2, -0.15) is 13.2 Å². The van der Waals surface area contributed by atoms with Gasteiger partial charge in [0.15, 0.2) is 5.82 Å². The molecular weight excluding hydrogens is 389 g/mol. The van der Waals surface area contributed by atoms with Crippen LogP contribution in [0.2, 0.25) is 0 Å². The minimum absolute atomic E-state index is 0.203. The fourth-order valence-electron chi connectivity index (χ4n) is 3.34. The fourth-order valence-corrected chi connectivity index (χ4v) is 3.34. The Bertz CT molecular complexity index is 818. The smallest absolute Gasteiger partial charge is 0.393 e. The molecule has 3 rings (SSSR count). The number of alkyl halides is 3. The summed E-state index contributed by atoms with van der Waals surface area (Å²) in [4.78, 5) is 6.46. The molecule has 7 heteroatoms. The Morgan fingerprint density at radius 1 is 1.23 bits per heavy atom. The molecule has 1 aromatic carbocycles. The van der Waals surface area contributed by atoms with Crippen molar-refractivity contribution in [3.63, 3.8) is 0 Å². The van der Waals surface area contributed by atoms with Crippen molar-refractivity contribution in [2.75, 3.05) is 16.8 Å². The number of nitrogens with zero attached hydrogens (tertiary/aromatic N) is 2. The van der Waals surface area contributed by atoms with E-state index in [1.54, 1.807) is 30.5 Å². The third-order valence-electron chi connectivity index (χ3n) is 4.30. The molecule has 164 valence electrons. The lowest BCUT2D eigenvalue weighted by Crippen LogP contribution is -2.36. The third-order valence-corrected chi connectivity index (χ3v) is 4.30. The van der Waals surface area contributed by atoms with Crippen molar-refractivity contribution in [1.82, 2.24) is 4.98 Å². The number of aromatic nitrogens is 1. The molecule has 0 amide bonds. The number of hydrogen-bond donors (Lipinski definition) is 2. The first-order valence-corrected chi connectivity index (χ1v) is 9.94. The quantitative estimate of drug-likeness (QED) is 0.618. The van der Waals surface area contributed by atoms with E-state index in [0.717, 1.165) is 17.2 Å². The normalized spacial score (nSPS) is 13.5. The molecule has 0 radical (unpaired) electrons. The van der Waals surface area contributed by atoms with Crippen LogP contribution in [0.3, 0.4) is 0 Å². The van der Waals surface area contributed by atoms with Crippen LogP contribution in [0.25, 0.3) is 0 Å². The second-order valence-corrected chi connectivity index (χ2v) is 6.38. The first-order chi connectivity index (χ1) is 14.3. The molecule has 1 aliphatic rings. The number of benzene rings is 1. The summed E-state index contributed by atoms with van der Waals surface area (Å²) in [6, 6.07) is 10.3. The van der Waals surface area contributed by atoms with Gasteiger partial charge in [0, 0.05) is 11.9 Å². The van der Waals surface area contributed by atoms with Crippen LogP contribution in [-0.4, -0.2) is 17.7 Å². The highest BCUT2D eigenvalue weighted by atomic mass is 19.4. The van der Waals surface area contributed by atoms with E-state index in [9.17, 15) is 13.2 Å². The molecular formula is C23H31F3N4. The molecule has 0 fully saturated rings. The molecule has 0 saturated carbocycles. The maximum atomic E-state index is 13.0. The zero-order chi connectivity index (χ0) is 22.7. The molecule has 4 nitrogen and oxygen atoms in total. The molecule has 1 aromatic heterocycles. The van der Waals surface area contributed by atoms with Crippen LogP contribution in [-0.2, 0) is 6.42 Å². The molecule has 1 aliphatic heterocycles. The van der Waals surface area contributed by atoms with Gasteiger partial charge in [-0.25, -0.2) is 4.98 Å². The van der Waals surface area contributed by atoms with Crippen LogP contribution in [0.4, 0.5) is 24.7 Å². The molecule has 3 N–H and O–H groups in total. The Hall–Kier alpha value is -2.96. The lowest BCUT2D eigenvalue weighted by atomic mass is 9.94. The van der Waals surface area contributed by atoms with Gasteiger partial charge < -0.3 is 16.0 Å². The molecule has 0 spiro atoms. The zero-order valence-corrected chi connectivity index (χ0v) is 17.8. The monoisotopic (exact) mass is 420 g/mol. The third kappa shape index (κ3) is 6.83. The lowest BCUT2D eigenvalue weighted by molar-refractivity contribution is -0.127. The van der Waals surface area contributed by atoms with Crippen molar-refractivity contribution in [3.05, 3.63) is 78.8 Å². The summed E-state index contributed by atoms with van der Waals surface area (Å²) in [5.74, 6) is 0.739. The molecule has 2 heterocycles. The van der Waals surface area contributed by atoms with E-state index >= 15 is 0 Å². The number of pyridine rings is 1. The Balaban J connectivity index is 0.000000826. The first kappa shape index (κ1) is 25.1. The van der Waals surface area contributed by atoms with Gasteiger partial charge in [0.2, 0.25) is 0 Å². The summed E-state index contributed by atoms with van der Waals surface area (Å²) < 4.78 is 38.9. The summed E-state index contributed by atoms with van der Waals surface area (Å²) in [7, 11) is 0. The summed E-state index contributed by atoms with van der Waals surface area (Å²) in [6.07, 6.45) is -1.56. The number of rotatable bonds is 4. The highest BCUT2D eigenvalue weighted by Crippen LogP contribution is 2.38. The number of hydrogen-bond acceptors (Lipinski definition) is 4. The number of nitrogens with two attached hydrogens (primary N) is 1. The number of halogens is 3. The van der Waals surface area contributed by atoms with Crippen molar-refractivity contribution in [1.29, 1.82) is 0 Å². The van der Waals surface area contributed by atoms with Gasteiger partial charge in [0.1, 0.15) is 0 Å². The van der Waals surface area contributed by atoms with Crippen LogP contribution < -0.4 is 16.0 Å². The van der Waals surface area contributed by atoms with Crippen LogP contribution in [0, 0.1) is 0 Å². The average Bonchev–Trinajstić information content (AvgIpc) is 2.70. The van der Waals surface area contributed by atoms with E-state index in [1.165, 1.54) is 6.20 Å². The summed E-state index contributed by atoms with van der Waals surface area (Å²) >= 11 is 0. The van der Waals surface area contributed by atoms with Crippen LogP contribution in [0.1, 0.15) is 44.4 Å². The number of nitrogens with one attached hydrogen (secondary N) is 1. The Kier molecular flexibility index (Phi) is 9.95. The van der Waals surface area contributed by atoms with Gasteiger partial charge in [-0.3, -0.25) is 0 Å². The van der Waals surface area contributed by atoms with Gasteiger partial charge >= 0.3 is 6.18 Å². The average molecular weight is 421 g/mol. The maximum Gasteiger partial charge on any atom is 0.393 e. The highest BCUT2D eigenvalue weighted by Gasteiger charge is 2.32. The maximum absolute atomic E-state index is 13.0. The first-order valence-electron chi connectivity index (χ1n) is 9.94. The van der Waals surface area contributed by atoms with Gasteiger partial charge in [0.25, 0.3) is 0 Å². The van der Waals surface area contributed by atoms with Crippen molar-refractivity contribution in [2.24, 2.45) is 5.73 Å². The van der Waals surface area contributed by atoms with E-state index < -0.39 is 12.6 Å². The second-order valence-electron chi connectivity index (χ2n) is 6.38. The highest BCUT2D eigenvalue weighted by molar-refractivity contribution is 5.72. The van der Waals surface area contributed by atoms with E-state index in [0.29, 0.717) is 24.1 Å². The Morgan fingerprint density at radius 2 is 1.87 bits per heavy atom. The van der Waals surface area contributed by atoms with E-state index in [4.69, 9.17) is 0 Å². The molecule has 0 saturated heterocycles. The molecule has 1 atom stereocenters. The van der Waals surface area contributed by atoms with Crippen molar-refractivity contribution in [2.45, 2.75) is 45.8 Å². The topological polar surface area (TPSA) is 54.2 Å². The second kappa shape index (κ2) is 11.9. The van der Waals surface area contributed by atoms with Crippen molar-refractivity contribution >= 4 is 11.5 Å². The number of fused-ring (bicyclic) bond motifs is 1. The molecule has 0 bridgehead atoms. The summed E-state index contributed by atoms with van der Waals surface area (Å²) in [5, 5.41) is 3.19. The molecule has 1 unspecified atom stereocenters. The van der Waals surface area contributed by atoms with Crippen LogP contribution in [0.15, 0.2) is 67.6 Å². The van der Waals surface area contributed by atoms with E-state index in [2.05, 4.69) is 29.2 Å². The molecule has 2 aromatic rings. The van der Waals surface area contributed by atoms with Crippen molar-refractivity contribution in [3.8, 4) is 0 Å². The van der Waals surface area contributed by atoms with Gasteiger partial charge in [-0.15, -0.1) is 0 Å². The number of anilines is 2. The minimum Gasteiger partial charge on any atom is -0.405 e. The van der Waals surface area contributed by atoms with Gasteiger partial charge in [0.05, 0.1) is 24.7 Å². The Morgan fingerprint density at radius 3 is 2.47 bits per heavy atom. The summed E-state index contributed by atoms with van der Waals surface area (Å²) in [5.41, 5.74) is 7.23. The predicted molar refractivity (Wildman–Crippen MR) is 119 cm³/mol. The predicted octanol–water partition coefficient (Wildman–Crippen LogP) is 6.20. The molecule has 30 heavy (non-hydrogen) atoms. The van der Waals surface area contributed by atoms with Gasteiger partial charge in [-0.05, 0) is 35.9 Å². The van der Waals surface area contributed by atoms with E-state index in [-0.39, 0.29) is 6.04 Å². The summed E-state index contributed by atoms with van der Waals surface area (Å²) in [6.45, 7) is 13.6. The lowest BCUT2D eigenvalue weighted by Gasteiger charge is -2.38.